The molecule has 0 heterocycles. The van der Waals surface area contributed by atoms with Gasteiger partial charge in [0.25, 0.3) is 0 Å². The topological polar surface area (TPSA) is 37.3 Å². The Morgan fingerprint density at radius 1 is 1.15 bits per heavy atom. The van der Waals surface area contributed by atoms with Crippen LogP contribution in [0.3, 0.4) is 0 Å². The van der Waals surface area contributed by atoms with Gasteiger partial charge in [-0.25, -0.2) is 4.39 Å². The smallest absolute Gasteiger partial charge is 0.307 e. The fourth-order valence-corrected chi connectivity index (χ4v) is 2.67. The maximum absolute atomic E-state index is 13.8. The van der Waals surface area contributed by atoms with E-state index in [1.165, 1.54) is 29.5 Å². The number of hydrogen-bond acceptors (Lipinski definition) is 2. The third-order valence-corrected chi connectivity index (χ3v) is 3.93. The van der Waals surface area contributed by atoms with Gasteiger partial charge in [0, 0.05) is 9.79 Å². The first-order valence-corrected chi connectivity index (χ1v) is 7.17. The summed E-state index contributed by atoms with van der Waals surface area (Å²) in [6.07, 6.45) is 0.700. The van der Waals surface area contributed by atoms with Crippen LogP contribution in [0.2, 0.25) is 0 Å². The van der Waals surface area contributed by atoms with Gasteiger partial charge >= 0.3 is 5.97 Å². The largest absolute Gasteiger partial charge is 0.481 e. The number of aliphatic carboxylic acids is 1. The van der Waals surface area contributed by atoms with E-state index in [9.17, 15) is 9.18 Å². The average Bonchev–Trinajstić information content (AvgIpc) is 2.42. The van der Waals surface area contributed by atoms with E-state index in [-0.39, 0.29) is 12.0 Å². The number of carboxylic acid groups (broad SMARTS) is 1. The normalized spacial score (nSPS) is 10.5. The summed E-state index contributed by atoms with van der Waals surface area (Å²) in [6.45, 7) is 2.10. The monoisotopic (exact) mass is 290 g/mol. The van der Waals surface area contributed by atoms with Crippen molar-refractivity contribution < 1.29 is 14.3 Å². The number of benzene rings is 2. The Bertz CT molecular complexity index is 608. The van der Waals surface area contributed by atoms with E-state index in [0.29, 0.717) is 0 Å². The van der Waals surface area contributed by atoms with E-state index in [1.54, 1.807) is 6.07 Å². The SMILES string of the molecule is CCc1ccc(Sc2ccc(CC(=O)O)c(F)c2)cc1. The van der Waals surface area contributed by atoms with E-state index >= 15 is 0 Å². The molecule has 0 unspecified atom stereocenters. The van der Waals surface area contributed by atoms with Crippen molar-refractivity contribution in [1.29, 1.82) is 0 Å². The zero-order chi connectivity index (χ0) is 14.5. The molecule has 0 spiro atoms. The molecule has 20 heavy (non-hydrogen) atoms. The van der Waals surface area contributed by atoms with Gasteiger partial charge in [-0.15, -0.1) is 0 Å². The maximum Gasteiger partial charge on any atom is 0.307 e. The third-order valence-electron chi connectivity index (χ3n) is 2.93. The molecule has 2 aromatic rings. The molecule has 2 nitrogen and oxygen atoms in total. The molecular formula is C16H15FO2S. The molecule has 0 amide bonds. The molecule has 0 saturated carbocycles. The van der Waals surface area contributed by atoms with Crippen LogP contribution in [0.1, 0.15) is 18.1 Å². The third kappa shape index (κ3) is 3.84. The summed E-state index contributed by atoms with van der Waals surface area (Å²) >= 11 is 1.46. The Labute approximate surface area is 121 Å². The molecule has 2 rings (SSSR count). The first-order valence-electron chi connectivity index (χ1n) is 6.35. The number of rotatable bonds is 5. The molecule has 0 aliphatic rings. The molecule has 2 aromatic carbocycles. The van der Waals surface area contributed by atoms with Gasteiger partial charge in [0.1, 0.15) is 5.82 Å². The highest BCUT2D eigenvalue weighted by Gasteiger charge is 2.08. The van der Waals surface area contributed by atoms with Crippen molar-refractivity contribution in [2.75, 3.05) is 0 Å². The Hall–Kier alpha value is -1.81. The molecule has 0 atom stereocenters. The second-order valence-electron chi connectivity index (χ2n) is 4.42. The Balaban J connectivity index is 2.13. The molecule has 0 radical (unpaired) electrons. The van der Waals surface area contributed by atoms with Gasteiger partial charge in [-0.05, 0) is 41.8 Å². The van der Waals surface area contributed by atoms with Gasteiger partial charge in [0.05, 0.1) is 6.42 Å². The van der Waals surface area contributed by atoms with Crippen molar-refractivity contribution in [2.45, 2.75) is 29.6 Å². The van der Waals surface area contributed by atoms with E-state index in [4.69, 9.17) is 5.11 Å². The predicted molar refractivity (Wildman–Crippen MR) is 77.7 cm³/mol. The standard InChI is InChI=1S/C16H15FO2S/c1-2-11-3-6-13(7-4-11)20-14-8-5-12(9-16(18)19)15(17)10-14/h3-8,10H,2,9H2,1H3,(H,18,19). The van der Waals surface area contributed by atoms with E-state index in [1.807, 2.05) is 12.1 Å². The Morgan fingerprint density at radius 3 is 2.35 bits per heavy atom. The summed E-state index contributed by atoms with van der Waals surface area (Å²) in [6, 6.07) is 12.8. The first kappa shape index (κ1) is 14.6. The van der Waals surface area contributed by atoms with E-state index in [2.05, 4.69) is 19.1 Å². The molecule has 104 valence electrons. The van der Waals surface area contributed by atoms with Gasteiger partial charge in [-0.2, -0.15) is 0 Å². The molecule has 0 saturated heterocycles. The van der Waals surface area contributed by atoms with Crippen LogP contribution in [0.4, 0.5) is 4.39 Å². The number of aryl methyl sites for hydroxylation is 1. The lowest BCUT2D eigenvalue weighted by molar-refractivity contribution is -0.136. The second-order valence-corrected chi connectivity index (χ2v) is 5.57. The van der Waals surface area contributed by atoms with Crippen molar-refractivity contribution >= 4 is 17.7 Å². The number of hydrogen-bond donors (Lipinski definition) is 1. The van der Waals surface area contributed by atoms with Crippen molar-refractivity contribution in [2.24, 2.45) is 0 Å². The lowest BCUT2D eigenvalue weighted by Crippen LogP contribution is -2.02. The molecule has 0 fully saturated rings. The molecule has 0 aliphatic heterocycles. The highest BCUT2D eigenvalue weighted by molar-refractivity contribution is 7.99. The molecular weight excluding hydrogens is 275 g/mol. The lowest BCUT2D eigenvalue weighted by atomic mass is 10.1. The van der Waals surface area contributed by atoms with Crippen molar-refractivity contribution in [3.8, 4) is 0 Å². The lowest BCUT2D eigenvalue weighted by Gasteiger charge is -2.05. The minimum Gasteiger partial charge on any atom is -0.481 e. The van der Waals surface area contributed by atoms with Gasteiger partial charge in [0.15, 0.2) is 0 Å². The summed E-state index contributed by atoms with van der Waals surface area (Å²) in [5, 5.41) is 8.67. The van der Waals surface area contributed by atoms with Gasteiger partial charge in [-0.3, -0.25) is 4.79 Å². The van der Waals surface area contributed by atoms with Crippen LogP contribution in [0.5, 0.6) is 0 Å². The minimum absolute atomic E-state index is 0.211. The first-order chi connectivity index (χ1) is 9.58. The summed E-state index contributed by atoms with van der Waals surface area (Å²) in [7, 11) is 0. The molecule has 0 bridgehead atoms. The highest BCUT2D eigenvalue weighted by Crippen LogP contribution is 2.29. The Kier molecular flexibility index (Phi) is 4.79. The quantitative estimate of drug-likeness (QED) is 0.898. The summed E-state index contributed by atoms with van der Waals surface area (Å²) in [4.78, 5) is 12.4. The Morgan fingerprint density at radius 2 is 1.80 bits per heavy atom. The molecule has 1 N–H and O–H groups in total. The van der Waals surface area contributed by atoms with E-state index in [0.717, 1.165) is 16.2 Å². The predicted octanol–water partition coefficient (Wildman–Crippen LogP) is 4.17. The van der Waals surface area contributed by atoms with Crippen molar-refractivity contribution in [3.05, 3.63) is 59.4 Å². The van der Waals surface area contributed by atoms with Crippen LogP contribution >= 0.6 is 11.8 Å². The minimum atomic E-state index is -1.03. The summed E-state index contributed by atoms with van der Waals surface area (Å²) in [5.74, 6) is -1.50. The van der Waals surface area contributed by atoms with Crippen LogP contribution in [0.15, 0.2) is 52.3 Å². The van der Waals surface area contributed by atoms with E-state index < -0.39 is 11.8 Å². The van der Waals surface area contributed by atoms with Gasteiger partial charge < -0.3 is 5.11 Å². The van der Waals surface area contributed by atoms with Crippen molar-refractivity contribution in [3.63, 3.8) is 0 Å². The molecule has 4 heteroatoms. The fourth-order valence-electron chi connectivity index (χ4n) is 1.83. The van der Waals surface area contributed by atoms with Crippen LogP contribution in [0, 0.1) is 5.82 Å². The maximum atomic E-state index is 13.8. The molecule has 0 aromatic heterocycles. The zero-order valence-corrected chi connectivity index (χ0v) is 11.9. The molecule has 0 aliphatic carbocycles. The average molecular weight is 290 g/mol. The van der Waals surface area contributed by atoms with Crippen LogP contribution < -0.4 is 0 Å². The van der Waals surface area contributed by atoms with Gasteiger partial charge in [0.2, 0.25) is 0 Å². The number of carboxylic acids is 1. The fraction of sp³-hybridized carbons (Fsp3) is 0.188. The summed E-state index contributed by atoms with van der Waals surface area (Å²) in [5.41, 5.74) is 1.47. The van der Waals surface area contributed by atoms with Crippen LogP contribution in [0.25, 0.3) is 0 Å². The second kappa shape index (κ2) is 6.57. The van der Waals surface area contributed by atoms with Crippen LogP contribution in [-0.2, 0) is 17.6 Å². The van der Waals surface area contributed by atoms with Gasteiger partial charge in [-0.1, -0.05) is 36.9 Å². The number of halogens is 1. The number of carbonyl (C=O) groups is 1. The van der Waals surface area contributed by atoms with Crippen molar-refractivity contribution in [1.82, 2.24) is 0 Å². The highest BCUT2D eigenvalue weighted by atomic mass is 32.2. The van der Waals surface area contributed by atoms with Crippen LogP contribution in [-0.4, -0.2) is 11.1 Å². The zero-order valence-electron chi connectivity index (χ0n) is 11.1. The summed E-state index contributed by atoms with van der Waals surface area (Å²) < 4.78 is 13.8.